The number of aldehydes is 1. The summed E-state index contributed by atoms with van der Waals surface area (Å²) in [5.74, 6) is -2.36. The van der Waals surface area contributed by atoms with Crippen LogP contribution in [0.1, 0.15) is 32.4 Å². The van der Waals surface area contributed by atoms with Crippen molar-refractivity contribution in [2.24, 2.45) is 0 Å². The van der Waals surface area contributed by atoms with Crippen molar-refractivity contribution >= 4 is 35.8 Å². The van der Waals surface area contributed by atoms with Crippen molar-refractivity contribution in [1.82, 2.24) is 20.5 Å². The maximum atomic E-state index is 13.6. The number of urea groups is 1. The number of rotatable bonds is 7. The van der Waals surface area contributed by atoms with Crippen molar-refractivity contribution in [3.05, 3.63) is 59.2 Å². The lowest BCUT2D eigenvalue weighted by Crippen LogP contribution is -2.58. The molecular formula is C26H36ClF2N5O5. The Hall–Kier alpha value is -3.51. The number of benzene rings is 1. The first-order valence-electron chi connectivity index (χ1n) is 12.0. The van der Waals surface area contributed by atoms with Crippen LogP contribution in [0.15, 0.2) is 48.7 Å². The number of hydrogen-bond donors (Lipinski definition) is 3. The van der Waals surface area contributed by atoms with Crippen LogP contribution in [-0.2, 0) is 14.3 Å². The Bertz CT molecular complexity index is 1040. The zero-order valence-electron chi connectivity index (χ0n) is 22.7. The molecule has 1 aromatic heterocycles. The molecule has 39 heavy (non-hydrogen) atoms. The van der Waals surface area contributed by atoms with E-state index in [9.17, 15) is 23.2 Å². The van der Waals surface area contributed by atoms with Gasteiger partial charge < -0.3 is 35.1 Å². The van der Waals surface area contributed by atoms with Gasteiger partial charge in [-0.25, -0.2) is 23.4 Å². The average molecular weight is 572 g/mol. The van der Waals surface area contributed by atoms with Gasteiger partial charge in [0.25, 0.3) is 5.92 Å². The molecule has 0 spiro atoms. The van der Waals surface area contributed by atoms with Gasteiger partial charge in [-0.3, -0.25) is 0 Å². The van der Waals surface area contributed by atoms with E-state index in [1.165, 1.54) is 7.11 Å². The van der Waals surface area contributed by atoms with E-state index >= 15 is 0 Å². The molecule has 3 amide bonds. The molecule has 1 aliphatic heterocycles. The van der Waals surface area contributed by atoms with Gasteiger partial charge in [0, 0.05) is 25.4 Å². The van der Waals surface area contributed by atoms with Gasteiger partial charge in [0.1, 0.15) is 17.7 Å². The predicted octanol–water partition coefficient (Wildman–Crippen LogP) is 4.52. The summed E-state index contributed by atoms with van der Waals surface area (Å²) in [4.78, 5) is 37.6. The number of halogens is 3. The van der Waals surface area contributed by atoms with Crippen molar-refractivity contribution in [1.29, 1.82) is 0 Å². The summed E-state index contributed by atoms with van der Waals surface area (Å²) in [6.45, 7) is 4.12. The summed E-state index contributed by atoms with van der Waals surface area (Å²) >= 11 is 5.54. The number of hydrogen-bond acceptors (Lipinski definition) is 7. The number of nitrogens with zero attached hydrogens (tertiary/aromatic N) is 2. The van der Waals surface area contributed by atoms with E-state index in [1.54, 1.807) is 46.1 Å². The van der Waals surface area contributed by atoms with Gasteiger partial charge in [-0.2, -0.15) is 0 Å². The van der Waals surface area contributed by atoms with Crippen LogP contribution in [0.4, 0.5) is 24.2 Å². The highest BCUT2D eigenvalue weighted by Gasteiger charge is 2.42. The van der Waals surface area contributed by atoms with Crippen molar-refractivity contribution in [2.45, 2.75) is 38.3 Å². The zero-order chi connectivity index (χ0) is 29.5. The molecule has 0 radical (unpaired) electrons. The van der Waals surface area contributed by atoms with Crippen LogP contribution in [0, 0.1) is 0 Å². The van der Waals surface area contributed by atoms with E-state index in [2.05, 4.69) is 20.9 Å². The van der Waals surface area contributed by atoms with Crippen LogP contribution >= 0.6 is 11.6 Å². The standard InChI is InChI=1S/C13H18F2N4O2.C7H13NO3.C6H5Cl/c1-16-11-5-9(3-4-17-11)10(6-21-2)19-8-13(14,15)7-18-12(19)20;1-7(2,3)11-6(10)8-4-5-9;7-6-4-2-1-3-5-6/h3-5,10H,6-8H2,1-2H3,(H,16,17)(H,18,20);5H,4H2,1-3H3,(H,8,10);1-5H. The molecule has 1 atom stereocenters. The Labute approximate surface area is 232 Å². The normalized spacial score (nSPS) is 14.8. The van der Waals surface area contributed by atoms with Gasteiger partial charge in [-0.15, -0.1) is 0 Å². The molecular weight excluding hydrogens is 536 g/mol. The molecule has 2 heterocycles. The van der Waals surface area contributed by atoms with Gasteiger partial charge in [-0.1, -0.05) is 29.8 Å². The number of nitrogens with one attached hydrogen (secondary N) is 3. The number of methoxy groups -OCH3 is 1. The van der Waals surface area contributed by atoms with Gasteiger partial charge in [0.15, 0.2) is 0 Å². The number of carbonyl (C=O) groups is 3. The number of ether oxygens (including phenoxy) is 2. The van der Waals surface area contributed by atoms with Gasteiger partial charge in [-0.05, 0) is 50.6 Å². The molecule has 0 bridgehead atoms. The number of amides is 3. The summed E-state index contributed by atoms with van der Waals surface area (Å²) in [7, 11) is 3.17. The first kappa shape index (κ1) is 33.5. The molecule has 1 aliphatic rings. The molecule has 216 valence electrons. The maximum Gasteiger partial charge on any atom is 0.408 e. The van der Waals surface area contributed by atoms with Crippen molar-refractivity contribution in [3.8, 4) is 0 Å². The largest absolute Gasteiger partial charge is 0.444 e. The zero-order valence-corrected chi connectivity index (χ0v) is 23.4. The number of alkyl carbamates (subject to hydrolysis) is 1. The molecule has 13 heteroatoms. The smallest absolute Gasteiger partial charge is 0.408 e. The maximum absolute atomic E-state index is 13.6. The van der Waals surface area contributed by atoms with E-state index < -0.39 is 42.8 Å². The highest BCUT2D eigenvalue weighted by atomic mass is 35.5. The molecule has 1 fully saturated rings. The van der Waals surface area contributed by atoms with Crippen molar-refractivity contribution in [3.63, 3.8) is 0 Å². The molecule has 2 aromatic rings. The number of pyridine rings is 1. The van der Waals surface area contributed by atoms with E-state index in [0.29, 0.717) is 17.7 Å². The Balaban J connectivity index is 0.000000351. The number of carbonyl (C=O) groups excluding carboxylic acids is 3. The Morgan fingerprint density at radius 3 is 2.46 bits per heavy atom. The topological polar surface area (TPSA) is 122 Å². The molecule has 0 aliphatic carbocycles. The number of alkyl halides is 2. The Morgan fingerprint density at radius 1 is 1.28 bits per heavy atom. The van der Waals surface area contributed by atoms with Crippen LogP contribution in [-0.4, -0.2) is 80.2 Å². The average Bonchev–Trinajstić information content (AvgIpc) is 2.88. The quantitative estimate of drug-likeness (QED) is 0.418. The fraction of sp³-hybridized carbons (Fsp3) is 0.462. The highest BCUT2D eigenvalue weighted by molar-refractivity contribution is 6.30. The van der Waals surface area contributed by atoms with Crippen LogP contribution in [0.25, 0.3) is 0 Å². The molecule has 0 saturated carbocycles. The molecule has 3 rings (SSSR count). The van der Waals surface area contributed by atoms with Crippen LogP contribution in [0.5, 0.6) is 0 Å². The van der Waals surface area contributed by atoms with Gasteiger partial charge >= 0.3 is 12.1 Å². The fourth-order valence-electron chi connectivity index (χ4n) is 3.10. The third-order valence-corrected chi connectivity index (χ3v) is 5.00. The Kier molecular flexibility index (Phi) is 14.1. The summed E-state index contributed by atoms with van der Waals surface area (Å²) in [6, 6.07) is 11.7. The van der Waals surface area contributed by atoms with Crippen LogP contribution < -0.4 is 16.0 Å². The monoisotopic (exact) mass is 571 g/mol. The molecule has 10 nitrogen and oxygen atoms in total. The first-order valence-corrected chi connectivity index (χ1v) is 12.4. The second-order valence-electron chi connectivity index (χ2n) is 9.18. The summed E-state index contributed by atoms with van der Waals surface area (Å²) in [6.07, 6.45) is 1.60. The minimum Gasteiger partial charge on any atom is -0.444 e. The number of anilines is 1. The second-order valence-corrected chi connectivity index (χ2v) is 9.62. The van der Waals surface area contributed by atoms with Crippen LogP contribution in [0.3, 0.4) is 0 Å². The first-order chi connectivity index (χ1) is 18.3. The lowest BCUT2D eigenvalue weighted by molar-refractivity contribution is -0.107. The van der Waals surface area contributed by atoms with E-state index in [1.807, 2.05) is 30.3 Å². The van der Waals surface area contributed by atoms with Crippen molar-refractivity contribution in [2.75, 3.05) is 45.7 Å². The number of aromatic nitrogens is 1. The SMILES string of the molecule is CC(C)(C)OC(=O)NCC=O.CNc1cc(C(COC)N2CC(F)(F)CNC2=O)ccn1.Clc1ccccc1. The minimum atomic E-state index is -2.96. The third kappa shape index (κ3) is 13.7. The highest BCUT2D eigenvalue weighted by Crippen LogP contribution is 2.28. The van der Waals surface area contributed by atoms with Gasteiger partial charge in [0.2, 0.25) is 0 Å². The third-order valence-electron chi connectivity index (χ3n) is 4.75. The van der Waals surface area contributed by atoms with E-state index in [4.69, 9.17) is 21.1 Å². The summed E-state index contributed by atoms with van der Waals surface area (Å²) < 4.78 is 37.1. The Morgan fingerprint density at radius 2 is 1.95 bits per heavy atom. The molecule has 3 N–H and O–H groups in total. The predicted molar refractivity (Wildman–Crippen MR) is 145 cm³/mol. The fourth-order valence-corrected chi connectivity index (χ4v) is 3.25. The minimum absolute atomic E-state index is 0.00505. The summed E-state index contributed by atoms with van der Waals surface area (Å²) in [5, 5.41) is 8.14. The molecule has 1 saturated heterocycles. The van der Waals surface area contributed by atoms with Crippen LogP contribution in [0.2, 0.25) is 5.02 Å². The van der Waals surface area contributed by atoms with E-state index in [0.717, 1.165) is 9.92 Å². The van der Waals surface area contributed by atoms with Gasteiger partial charge in [0.05, 0.1) is 32.3 Å². The molecule has 1 unspecified atom stereocenters. The molecule has 1 aromatic carbocycles. The second kappa shape index (κ2) is 16.5. The van der Waals surface area contributed by atoms with E-state index in [-0.39, 0.29) is 13.2 Å². The van der Waals surface area contributed by atoms with Crippen molar-refractivity contribution < 1.29 is 32.6 Å². The lowest BCUT2D eigenvalue weighted by atomic mass is 10.1. The lowest BCUT2D eigenvalue weighted by Gasteiger charge is -2.38. The summed E-state index contributed by atoms with van der Waals surface area (Å²) in [5.41, 5.74) is 0.177.